The second-order valence-corrected chi connectivity index (χ2v) is 15.1. The minimum atomic E-state index is -1.02. The molecule has 14 heteroatoms. The number of hydrogen-bond donors (Lipinski definition) is 4. The standard InChI is InChI=1S/C33H61N7O6S/c1-21(2)16-27(34-31(43)26(10-15-47-9)36-33(45)46-20-40-25(7)19-24(6)37-40)29(41)18-23(5)30(42)35-28(17-22(3)4)32(44)39-13-11-38(8)12-14-39/h21-23,25-29,41H,10-20H2,1-9H3,(H,34,43)(H,35,42)(H,36,45)/t23-,25?,26+,27+,28+,29+/m1/s1. The number of hydrogen-bond acceptors (Lipinski definition) is 10. The summed E-state index contributed by atoms with van der Waals surface area (Å²) in [6, 6.07) is -2.02. The van der Waals surface area contributed by atoms with Gasteiger partial charge in [0.25, 0.3) is 0 Å². The van der Waals surface area contributed by atoms with Crippen LogP contribution in [0.15, 0.2) is 5.10 Å². The van der Waals surface area contributed by atoms with Crippen LogP contribution in [0.1, 0.15) is 80.6 Å². The third kappa shape index (κ3) is 14.2. The fourth-order valence-corrected chi connectivity index (χ4v) is 6.32. The topological polar surface area (TPSA) is 156 Å². The highest BCUT2D eigenvalue weighted by Gasteiger charge is 2.33. The minimum Gasteiger partial charge on any atom is -0.427 e. The molecule has 0 aliphatic carbocycles. The van der Waals surface area contributed by atoms with Crippen LogP contribution in [0.3, 0.4) is 0 Å². The van der Waals surface area contributed by atoms with Crippen LogP contribution in [-0.2, 0) is 19.1 Å². The summed E-state index contributed by atoms with van der Waals surface area (Å²) < 4.78 is 5.38. The van der Waals surface area contributed by atoms with Crippen molar-refractivity contribution < 1.29 is 29.0 Å². The zero-order chi connectivity index (χ0) is 35.3. The Labute approximate surface area is 286 Å². The molecule has 0 radical (unpaired) electrons. The highest BCUT2D eigenvalue weighted by molar-refractivity contribution is 7.98. The van der Waals surface area contributed by atoms with Crippen LogP contribution >= 0.6 is 11.8 Å². The number of nitrogens with zero attached hydrogens (tertiary/aromatic N) is 4. The van der Waals surface area contributed by atoms with E-state index in [1.807, 2.05) is 59.7 Å². The fraction of sp³-hybridized carbons (Fsp3) is 0.848. The molecule has 0 bridgehead atoms. The van der Waals surface area contributed by atoms with Gasteiger partial charge >= 0.3 is 6.09 Å². The maximum Gasteiger partial charge on any atom is 0.409 e. The number of aliphatic hydroxyl groups is 1. The molecule has 0 aromatic rings. The van der Waals surface area contributed by atoms with Crippen LogP contribution in [0.2, 0.25) is 0 Å². The average Bonchev–Trinajstić information content (AvgIpc) is 3.32. The van der Waals surface area contributed by atoms with Gasteiger partial charge in [-0.15, -0.1) is 0 Å². The lowest BCUT2D eigenvalue weighted by Gasteiger charge is -2.35. The Hall–Kier alpha value is -2.58. The fourth-order valence-electron chi connectivity index (χ4n) is 5.85. The molecule has 13 nitrogen and oxygen atoms in total. The number of piperazine rings is 1. The normalized spacial score (nSPS) is 20.3. The Morgan fingerprint density at radius 3 is 2.13 bits per heavy atom. The highest BCUT2D eigenvalue weighted by atomic mass is 32.2. The van der Waals surface area contributed by atoms with Crippen molar-refractivity contribution in [3.63, 3.8) is 0 Å². The van der Waals surface area contributed by atoms with E-state index in [4.69, 9.17) is 4.74 Å². The Morgan fingerprint density at radius 1 is 0.936 bits per heavy atom. The molecule has 47 heavy (non-hydrogen) atoms. The Balaban J connectivity index is 2.03. The van der Waals surface area contributed by atoms with Crippen molar-refractivity contribution in [3.8, 4) is 0 Å². The van der Waals surface area contributed by atoms with E-state index in [0.717, 1.165) is 25.2 Å². The SMILES string of the molecule is CSCC[C@H](NC(=O)OCN1N=C(C)CC1C)C(=O)N[C@@H](CC(C)C)[C@@H](O)C[C@@H](C)C(=O)N[C@@H](CC(C)C)C(=O)N1CCN(C)CC1. The molecule has 2 heterocycles. The number of thioether (sulfide) groups is 1. The number of alkyl carbamates (subject to hydrolysis) is 1. The van der Waals surface area contributed by atoms with Crippen LogP contribution < -0.4 is 16.0 Å². The average molecular weight is 684 g/mol. The van der Waals surface area contributed by atoms with Crippen LogP contribution in [-0.4, -0.2) is 132 Å². The first-order chi connectivity index (χ1) is 22.1. The molecule has 1 fully saturated rings. The molecular weight excluding hydrogens is 622 g/mol. The zero-order valence-corrected chi connectivity index (χ0v) is 30.9. The summed E-state index contributed by atoms with van der Waals surface area (Å²) in [5.41, 5.74) is 0.967. The van der Waals surface area contributed by atoms with Gasteiger partial charge < -0.3 is 35.6 Å². The number of carbonyl (C=O) groups excluding carboxylic acids is 4. The summed E-state index contributed by atoms with van der Waals surface area (Å²) in [7, 11) is 2.03. The molecule has 1 saturated heterocycles. The molecule has 0 spiro atoms. The predicted octanol–water partition coefficient (Wildman–Crippen LogP) is 2.48. The van der Waals surface area contributed by atoms with Gasteiger partial charge in [0, 0.05) is 44.2 Å². The van der Waals surface area contributed by atoms with Gasteiger partial charge in [0.05, 0.1) is 18.2 Å². The van der Waals surface area contributed by atoms with Crippen molar-refractivity contribution in [2.24, 2.45) is 22.9 Å². The lowest BCUT2D eigenvalue weighted by Crippen LogP contribution is -2.55. The molecule has 2 rings (SSSR count). The largest absolute Gasteiger partial charge is 0.427 e. The number of ether oxygens (including phenoxy) is 1. The second-order valence-electron chi connectivity index (χ2n) is 14.1. The number of likely N-dealkylation sites (N-methyl/N-ethyl adjacent to an activating group) is 1. The van der Waals surface area contributed by atoms with Gasteiger partial charge in [-0.25, -0.2) is 4.79 Å². The van der Waals surface area contributed by atoms with Crippen LogP contribution in [0.4, 0.5) is 4.79 Å². The third-order valence-electron chi connectivity index (χ3n) is 8.64. The molecule has 270 valence electrons. The van der Waals surface area contributed by atoms with Crippen molar-refractivity contribution in [2.45, 2.75) is 111 Å². The Bertz CT molecular complexity index is 1050. The monoisotopic (exact) mass is 683 g/mol. The summed E-state index contributed by atoms with van der Waals surface area (Å²) in [4.78, 5) is 56.9. The maximum atomic E-state index is 13.5. The van der Waals surface area contributed by atoms with Crippen molar-refractivity contribution in [1.29, 1.82) is 0 Å². The second kappa shape index (κ2) is 20.1. The van der Waals surface area contributed by atoms with Gasteiger partial charge in [0.2, 0.25) is 17.7 Å². The van der Waals surface area contributed by atoms with E-state index in [9.17, 15) is 24.3 Å². The lowest BCUT2D eigenvalue weighted by molar-refractivity contribution is -0.139. The third-order valence-corrected chi connectivity index (χ3v) is 9.29. The van der Waals surface area contributed by atoms with Gasteiger partial charge in [-0.3, -0.25) is 19.4 Å². The molecule has 6 atom stereocenters. The van der Waals surface area contributed by atoms with E-state index in [1.54, 1.807) is 23.7 Å². The maximum absolute atomic E-state index is 13.5. The summed E-state index contributed by atoms with van der Waals surface area (Å²) in [6.45, 7) is 16.5. The van der Waals surface area contributed by atoms with E-state index in [1.165, 1.54) is 0 Å². The van der Waals surface area contributed by atoms with E-state index >= 15 is 0 Å². The molecule has 4 N–H and O–H groups in total. The summed E-state index contributed by atoms with van der Waals surface area (Å²) in [5.74, 6) is -0.426. The van der Waals surface area contributed by atoms with Crippen molar-refractivity contribution in [1.82, 2.24) is 30.8 Å². The van der Waals surface area contributed by atoms with Crippen LogP contribution in [0, 0.1) is 17.8 Å². The zero-order valence-electron chi connectivity index (χ0n) is 30.1. The molecule has 2 aliphatic heterocycles. The van der Waals surface area contributed by atoms with Gasteiger partial charge in [0.1, 0.15) is 12.1 Å². The smallest absolute Gasteiger partial charge is 0.409 e. The summed E-state index contributed by atoms with van der Waals surface area (Å²) in [5, 5.41) is 26.0. The highest BCUT2D eigenvalue weighted by Crippen LogP contribution is 2.18. The van der Waals surface area contributed by atoms with Gasteiger partial charge in [0.15, 0.2) is 6.73 Å². The molecule has 4 amide bonds. The van der Waals surface area contributed by atoms with Gasteiger partial charge in [-0.2, -0.15) is 16.9 Å². The number of rotatable bonds is 18. The van der Waals surface area contributed by atoms with Gasteiger partial charge in [-0.1, -0.05) is 34.6 Å². The summed E-state index contributed by atoms with van der Waals surface area (Å²) >= 11 is 1.55. The van der Waals surface area contributed by atoms with Crippen molar-refractivity contribution in [2.75, 3.05) is 52.0 Å². The first-order valence-corrected chi connectivity index (χ1v) is 18.5. The van der Waals surface area contributed by atoms with Gasteiger partial charge in [-0.05, 0) is 70.4 Å². The predicted molar refractivity (Wildman–Crippen MR) is 187 cm³/mol. The molecule has 2 aliphatic rings. The van der Waals surface area contributed by atoms with Crippen molar-refractivity contribution >= 4 is 41.3 Å². The summed E-state index contributed by atoms with van der Waals surface area (Å²) in [6.07, 6.45) is 2.46. The number of aliphatic hydroxyl groups excluding tert-OH is 1. The molecule has 0 saturated carbocycles. The molecule has 1 unspecified atom stereocenters. The first kappa shape index (κ1) is 40.6. The first-order valence-electron chi connectivity index (χ1n) is 17.1. The number of nitrogens with one attached hydrogen (secondary N) is 3. The molecular formula is C33H61N7O6S. The lowest BCUT2D eigenvalue weighted by atomic mass is 9.91. The molecule has 0 aromatic carbocycles. The van der Waals surface area contributed by atoms with E-state index in [0.29, 0.717) is 38.1 Å². The van der Waals surface area contributed by atoms with E-state index in [-0.39, 0.29) is 42.8 Å². The number of amides is 4. The van der Waals surface area contributed by atoms with E-state index in [2.05, 4.69) is 26.0 Å². The number of carbonyl (C=O) groups is 4. The molecule has 0 aromatic heterocycles. The number of hydrazone groups is 1. The van der Waals surface area contributed by atoms with Crippen molar-refractivity contribution in [3.05, 3.63) is 0 Å². The Kier molecular flexibility index (Phi) is 17.3. The van der Waals surface area contributed by atoms with Crippen LogP contribution in [0.5, 0.6) is 0 Å². The Morgan fingerprint density at radius 2 is 1.57 bits per heavy atom. The quantitative estimate of drug-likeness (QED) is 0.171. The van der Waals surface area contributed by atoms with E-state index < -0.39 is 42.1 Å². The van der Waals surface area contributed by atoms with Crippen LogP contribution in [0.25, 0.3) is 0 Å². The minimum absolute atomic E-state index is 0.0190.